The van der Waals surface area contributed by atoms with Gasteiger partial charge in [0, 0.05) is 18.8 Å². The summed E-state index contributed by atoms with van der Waals surface area (Å²) in [5.41, 5.74) is -0.681. The van der Waals surface area contributed by atoms with Crippen molar-refractivity contribution in [3.63, 3.8) is 0 Å². The Labute approximate surface area is 109 Å². The van der Waals surface area contributed by atoms with Crippen molar-refractivity contribution in [2.24, 2.45) is 5.92 Å². The molecule has 0 saturated heterocycles. The van der Waals surface area contributed by atoms with Crippen molar-refractivity contribution < 1.29 is 9.90 Å². The highest BCUT2D eigenvalue weighted by Gasteiger charge is 2.32. The summed E-state index contributed by atoms with van der Waals surface area (Å²) in [6.07, 6.45) is 6.05. The predicted molar refractivity (Wildman–Crippen MR) is 70.2 cm³/mol. The van der Waals surface area contributed by atoms with Gasteiger partial charge >= 0.3 is 0 Å². The van der Waals surface area contributed by atoms with Gasteiger partial charge in [-0.1, -0.05) is 19.8 Å². The molecule has 100 valence electrons. The molecule has 2 N–H and O–H groups in total. The van der Waals surface area contributed by atoms with Crippen molar-refractivity contribution >= 4 is 17.5 Å². The standard InChI is InChI=1S/C13H24ClNO2/c1-11-5-4-7-13(17,9-11)10-15-12(16)6-2-3-8-14/h11,17H,2-10H2,1H3,(H,15,16). The lowest BCUT2D eigenvalue weighted by Gasteiger charge is -2.35. The fraction of sp³-hybridized carbons (Fsp3) is 0.923. The summed E-state index contributed by atoms with van der Waals surface area (Å²) in [6.45, 7) is 2.56. The van der Waals surface area contributed by atoms with E-state index in [9.17, 15) is 9.90 Å². The van der Waals surface area contributed by atoms with Crippen LogP contribution in [-0.4, -0.2) is 29.0 Å². The molecule has 2 unspecified atom stereocenters. The first-order valence-corrected chi connectivity index (χ1v) is 7.14. The molecule has 1 rings (SSSR count). The van der Waals surface area contributed by atoms with Gasteiger partial charge in [0.05, 0.1) is 5.60 Å². The molecule has 4 heteroatoms. The molecular formula is C13H24ClNO2. The Kier molecular flexibility index (Phi) is 6.28. The second-order valence-corrected chi connectivity index (χ2v) is 5.73. The van der Waals surface area contributed by atoms with Gasteiger partial charge in [-0.05, 0) is 31.6 Å². The van der Waals surface area contributed by atoms with E-state index in [1.807, 2.05) is 0 Å². The van der Waals surface area contributed by atoms with E-state index in [0.29, 0.717) is 24.8 Å². The number of carbonyl (C=O) groups excluding carboxylic acids is 1. The minimum absolute atomic E-state index is 0.0294. The normalized spacial score (nSPS) is 29.0. The molecule has 0 aromatic rings. The number of alkyl halides is 1. The molecule has 0 aromatic heterocycles. The molecule has 1 amide bonds. The van der Waals surface area contributed by atoms with Crippen LogP contribution in [-0.2, 0) is 4.79 Å². The molecule has 0 radical (unpaired) electrons. The molecule has 0 bridgehead atoms. The van der Waals surface area contributed by atoms with E-state index in [1.165, 1.54) is 6.42 Å². The average Bonchev–Trinajstić information content (AvgIpc) is 2.27. The van der Waals surface area contributed by atoms with Crippen LogP contribution in [0.15, 0.2) is 0 Å². The molecule has 1 aliphatic rings. The van der Waals surface area contributed by atoms with Gasteiger partial charge in [-0.15, -0.1) is 11.6 Å². The van der Waals surface area contributed by atoms with Crippen molar-refractivity contribution in [1.29, 1.82) is 0 Å². The van der Waals surface area contributed by atoms with E-state index >= 15 is 0 Å². The number of hydrogen-bond donors (Lipinski definition) is 2. The molecule has 0 heterocycles. The molecule has 2 atom stereocenters. The van der Waals surface area contributed by atoms with E-state index < -0.39 is 5.60 Å². The van der Waals surface area contributed by atoms with Gasteiger partial charge in [-0.2, -0.15) is 0 Å². The summed E-state index contributed by atoms with van der Waals surface area (Å²) in [5, 5.41) is 13.2. The lowest BCUT2D eigenvalue weighted by Crippen LogP contribution is -2.45. The zero-order chi connectivity index (χ0) is 12.7. The van der Waals surface area contributed by atoms with Crippen LogP contribution in [0, 0.1) is 5.92 Å². The minimum atomic E-state index is -0.681. The maximum absolute atomic E-state index is 11.5. The fourth-order valence-corrected chi connectivity index (χ4v) is 2.71. The average molecular weight is 262 g/mol. The largest absolute Gasteiger partial charge is 0.388 e. The molecule has 0 aromatic carbocycles. The second kappa shape index (κ2) is 7.22. The lowest BCUT2D eigenvalue weighted by atomic mass is 9.79. The molecule has 0 spiro atoms. The maximum atomic E-state index is 11.5. The van der Waals surface area contributed by atoms with Crippen LogP contribution < -0.4 is 5.32 Å². The first kappa shape index (κ1) is 14.8. The van der Waals surface area contributed by atoms with Crippen molar-refractivity contribution in [3.05, 3.63) is 0 Å². The van der Waals surface area contributed by atoms with E-state index in [-0.39, 0.29) is 5.91 Å². The van der Waals surface area contributed by atoms with Crippen LogP contribution in [0.2, 0.25) is 0 Å². The number of aliphatic hydroxyl groups is 1. The van der Waals surface area contributed by atoms with Crippen LogP contribution in [0.3, 0.4) is 0 Å². The van der Waals surface area contributed by atoms with E-state index in [4.69, 9.17) is 11.6 Å². The van der Waals surface area contributed by atoms with Crippen molar-refractivity contribution in [2.75, 3.05) is 12.4 Å². The van der Waals surface area contributed by atoms with Crippen molar-refractivity contribution in [1.82, 2.24) is 5.32 Å². The topological polar surface area (TPSA) is 49.3 Å². The molecule has 1 fully saturated rings. The van der Waals surface area contributed by atoms with Gasteiger partial charge in [0.1, 0.15) is 0 Å². The second-order valence-electron chi connectivity index (χ2n) is 5.35. The van der Waals surface area contributed by atoms with Crippen molar-refractivity contribution in [3.8, 4) is 0 Å². The number of carbonyl (C=O) groups is 1. The van der Waals surface area contributed by atoms with E-state index in [1.54, 1.807) is 0 Å². The Bertz CT molecular complexity index is 248. The van der Waals surface area contributed by atoms with Crippen LogP contribution in [0.1, 0.15) is 51.9 Å². The quantitative estimate of drug-likeness (QED) is 0.570. The molecular weight excluding hydrogens is 238 g/mol. The summed E-state index contributed by atoms with van der Waals surface area (Å²) >= 11 is 5.55. The molecule has 0 aliphatic heterocycles. The van der Waals surface area contributed by atoms with Crippen LogP contribution in [0.5, 0.6) is 0 Å². The first-order chi connectivity index (χ1) is 8.06. The van der Waals surface area contributed by atoms with Crippen molar-refractivity contribution in [2.45, 2.75) is 57.5 Å². The number of amides is 1. The zero-order valence-electron chi connectivity index (χ0n) is 10.7. The van der Waals surface area contributed by atoms with Gasteiger partial charge in [0.2, 0.25) is 5.91 Å². The Hall–Kier alpha value is -0.280. The smallest absolute Gasteiger partial charge is 0.220 e. The highest BCUT2D eigenvalue weighted by atomic mass is 35.5. The Morgan fingerprint density at radius 2 is 2.29 bits per heavy atom. The number of rotatable bonds is 6. The molecule has 1 saturated carbocycles. The number of hydrogen-bond acceptors (Lipinski definition) is 2. The third kappa shape index (κ3) is 5.73. The summed E-state index contributed by atoms with van der Waals surface area (Å²) in [5.74, 6) is 1.19. The Morgan fingerprint density at radius 1 is 1.53 bits per heavy atom. The van der Waals surface area contributed by atoms with Crippen LogP contribution >= 0.6 is 11.6 Å². The zero-order valence-corrected chi connectivity index (χ0v) is 11.4. The summed E-state index contributed by atoms with van der Waals surface area (Å²) in [4.78, 5) is 11.5. The number of halogens is 1. The SMILES string of the molecule is CC1CCCC(O)(CNC(=O)CCCCCl)C1. The highest BCUT2D eigenvalue weighted by molar-refractivity contribution is 6.17. The monoisotopic (exact) mass is 261 g/mol. The lowest BCUT2D eigenvalue weighted by molar-refractivity contribution is -0.123. The molecule has 1 aliphatic carbocycles. The van der Waals surface area contributed by atoms with Gasteiger partial charge in [-0.3, -0.25) is 4.79 Å². The van der Waals surface area contributed by atoms with Gasteiger partial charge in [0.25, 0.3) is 0 Å². The molecule has 3 nitrogen and oxygen atoms in total. The highest BCUT2D eigenvalue weighted by Crippen LogP contribution is 2.31. The minimum Gasteiger partial charge on any atom is -0.388 e. The fourth-order valence-electron chi connectivity index (χ4n) is 2.52. The Morgan fingerprint density at radius 3 is 2.94 bits per heavy atom. The summed E-state index contributed by atoms with van der Waals surface area (Å²) in [6, 6.07) is 0. The van der Waals surface area contributed by atoms with E-state index in [2.05, 4.69) is 12.2 Å². The van der Waals surface area contributed by atoms with Gasteiger partial charge in [0.15, 0.2) is 0 Å². The van der Waals surface area contributed by atoms with Crippen LogP contribution in [0.25, 0.3) is 0 Å². The number of nitrogens with one attached hydrogen (secondary N) is 1. The predicted octanol–water partition coefficient (Wildman–Crippen LogP) is 2.45. The summed E-state index contributed by atoms with van der Waals surface area (Å²) < 4.78 is 0. The Balaban J connectivity index is 2.21. The third-order valence-electron chi connectivity index (χ3n) is 3.47. The molecule has 17 heavy (non-hydrogen) atoms. The maximum Gasteiger partial charge on any atom is 0.220 e. The van der Waals surface area contributed by atoms with Gasteiger partial charge < -0.3 is 10.4 Å². The third-order valence-corrected chi connectivity index (χ3v) is 3.74. The summed E-state index contributed by atoms with van der Waals surface area (Å²) in [7, 11) is 0. The van der Waals surface area contributed by atoms with Gasteiger partial charge in [-0.25, -0.2) is 0 Å². The number of unbranched alkanes of at least 4 members (excludes halogenated alkanes) is 1. The van der Waals surface area contributed by atoms with Crippen LogP contribution in [0.4, 0.5) is 0 Å². The van der Waals surface area contributed by atoms with E-state index in [0.717, 1.165) is 32.1 Å². The first-order valence-electron chi connectivity index (χ1n) is 6.61.